The highest BCUT2D eigenvalue weighted by molar-refractivity contribution is 5.68. The lowest BCUT2D eigenvalue weighted by Crippen LogP contribution is -2.58. The number of aromatic nitrogens is 2. The Labute approximate surface area is 185 Å². The molecule has 0 spiro atoms. The van der Waals surface area contributed by atoms with Gasteiger partial charge in [-0.3, -0.25) is 0 Å². The van der Waals surface area contributed by atoms with E-state index in [4.69, 9.17) is 24.0 Å². The zero-order valence-electron chi connectivity index (χ0n) is 18.2. The molecule has 170 valence electrons. The fourth-order valence-electron chi connectivity index (χ4n) is 4.12. The molecule has 3 unspecified atom stereocenters. The topological polar surface area (TPSA) is 111 Å². The van der Waals surface area contributed by atoms with Crippen LogP contribution in [0.1, 0.15) is 38.3 Å². The van der Waals surface area contributed by atoms with Crippen LogP contribution in [-0.4, -0.2) is 59.6 Å². The highest BCUT2D eigenvalue weighted by Gasteiger charge is 2.44. The molecule has 2 aromatic rings. The third-order valence-corrected chi connectivity index (χ3v) is 5.59. The molecule has 0 saturated carbocycles. The van der Waals surface area contributed by atoms with Crippen LogP contribution in [-0.2, 0) is 14.2 Å². The van der Waals surface area contributed by atoms with Crippen molar-refractivity contribution in [2.45, 2.75) is 39.1 Å². The van der Waals surface area contributed by atoms with Crippen LogP contribution in [0.2, 0.25) is 0 Å². The first-order valence-electron chi connectivity index (χ1n) is 10.6. The van der Waals surface area contributed by atoms with Gasteiger partial charge in [0.2, 0.25) is 5.82 Å². The maximum absolute atomic E-state index is 14.3. The zero-order valence-corrected chi connectivity index (χ0v) is 18.2. The average Bonchev–Trinajstić information content (AvgIpc) is 3.23. The number of ether oxygens (including phenoxy) is 3. The summed E-state index contributed by atoms with van der Waals surface area (Å²) in [6, 6.07) is 5.96. The number of amides is 1. The molecular weight excluding hydrogens is 419 g/mol. The Balaban J connectivity index is 1.44. The van der Waals surface area contributed by atoms with Gasteiger partial charge in [0.05, 0.1) is 42.6 Å². The number of nitriles is 1. The van der Waals surface area contributed by atoms with Gasteiger partial charge in [0.25, 0.3) is 5.89 Å². The molecular formula is C22H25FN4O5. The third kappa shape index (κ3) is 4.59. The molecule has 2 saturated heterocycles. The molecule has 2 aliphatic rings. The van der Waals surface area contributed by atoms with Crippen LogP contribution < -0.4 is 0 Å². The van der Waals surface area contributed by atoms with Crippen LogP contribution in [0, 0.1) is 29.0 Å². The molecule has 2 fully saturated rings. The van der Waals surface area contributed by atoms with Gasteiger partial charge >= 0.3 is 6.09 Å². The van der Waals surface area contributed by atoms with E-state index in [1.54, 1.807) is 11.8 Å². The number of hydrogen-bond donors (Lipinski definition) is 0. The molecule has 10 heteroatoms. The second-order valence-electron chi connectivity index (χ2n) is 8.40. The smallest absolute Gasteiger partial charge is 0.410 e. The van der Waals surface area contributed by atoms with Crippen LogP contribution in [0.3, 0.4) is 0 Å². The molecule has 0 radical (unpaired) electrons. The van der Waals surface area contributed by atoms with E-state index in [1.807, 2.05) is 19.9 Å². The first kappa shape index (κ1) is 22.2. The molecule has 3 atom stereocenters. The van der Waals surface area contributed by atoms with E-state index in [-0.39, 0.29) is 53.0 Å². The maximum Gasteiger partial charge on any atom is 0.410 e. The summed E-state index contributed by atoms with van der Waals surface area (Å²) in [6.45, 7) is 7.34. The largest absolute Gasteiger partial charge is 0.447 e. The summed E-state index contributed by atoms with van der Waals surface area (Å²) in [7, 11) is 0. The number of piperidine rings is 1. The second-order valence-corrected chi connectivity index (χ2v) is 8.40. The van der Waals surface area contributed by atoms with Crippen LogP contribution in [0.4, 0.5) is 9.18 Å². The van der Waals surface area contributed by atoms with Gasteiger partial charge in [0.1, 0.15) is 11.9 Å². The lowest BCUT2D eigenvalue weighted by Gasteiger charge is -2.46. The maximum atomic E-state index is 14.3. The Bertz CT molecular complexity index is 1010. The first-order valence-corrected chi connectivity index (χ1v) is 10.6. The van der Waals surface area contributed by atoms with Crippen molar-refractivity contribution in [3.63, 3.8) is 0 Å². The summed E-state index contributed by atoms with van der Waals surface area (Å²) in [5.41, 5.74) is 0.359. The summed E-state index contributed by atoms with van der Waals surface area (Å²) in [5.74, 6) is -0.306. The van der Waals surface area contributed by atoms with Gasteiger partial charge in [-0.2, -0.15) is 10.2 Å². The Kier molecular flexibility index (Phi) is 6.39. The molecule has 3 heterocycles. The number of benzene rings is 1. The van der Waals surface area contributed by atoms with Gasteiger partial charge in [-0.15, -0.1) is 0 Å². The van der Waals surface area contributed by atoms with Gasteiger partial charge < -0.3 is 23.6 Å². The number of nitrogens with zero attached hydrogens (tertiary/aromatic N) is 4. The standard InChI is InChI=1S/C22H25FN4O5/c1-12(2)30-22(28)27-8-15-10-29-11-16(9-27)19(15)31-13(3)21-25-20(26-32-21)17-5-4-14(7-24)6-18(17)23/h4-6,12-13,15-16,19H,8-11H2,1-3H3. The Morgan fingerprint density at radius 1 is 1.28 bits per heavy atom. The summed E-state index contributed by atoms with van der Waals surface area (Å²) in [4.78, 5) is 18.3. The number of hydrogen-bond acceptors (Lipinski definition) is 8. The molecule has 2 aliphatic heterocycles. The lowest BCUT2D eigenvalue weighted by molar-refractivity contribution is -0.167. The van der Waals surface area contributed by atoms with Gasteiger partial charge in [0, 0.05) is 24.9 Å². The monoisotopic (exact) mass is 444 g/mol. The molecule has 1 aromatic heterocycles. The molecule has 1 amide bonds. The molecule has 1 aromatic carbocycles. The van der Waals surface area contributed by atoms with E-state index in [9.17, 15) is 9.18 Å². The Hall–Kier alpha value is -3.03. The minimum atomic E-state index is -0.600. The van der Waals surface area contributed by atoms with Crippen molar-refractivity contribution in [2.75, 3.05) is 26.3 Å². The first-order chi connectivity index (χ1) is 15.4. The number of carbonyl (C=O) groups is 1. The van der Waals surface area contributed by atoms with E-state index in [0.717, 1.165) is 6.07 Å². The molecule has 0 aliphatic carbocycles. The predicted octanol–water partition coefficient (Wildman–Crippen LogP) is 3.32. The lowest BCUT2D eigenvalue weighted by atomic mass is 9.84. The fourth-order valence-corrected chi connectivity index (χ4v) is 4.12. The minimum absolute atomic E-state index is 0.0111. The van der Waals surface area contributed by atoms with Crippen LogP contribution in [0.15, 0.2) is 22.7 Å². The van der Waals surface area contributed by atoms with Crippen LogP contribution in [0.25, 0.3) is 11.4 Å². The number of halogens is 1. The van der Waals surface area contributed by atoms with Gasteiger partial charge in [0.15, 0.2) is 0 Å². The van der Waals surface area contributed by atoms with Crippen molar-refractivity contribution in [3.8, 4) is 17.5 Å². The highest BCUT2D eigenvalue weighted by atomic mass is 19.1. The van der Waals surface area contributed by atoms with Gasteiger partial charge in [-0.25, -0.2) is 9.18 Å². The van der Waals surface area contributed by atoms with Crippen molar-refractivity contribution in [1.82, 2.24) is 15.0 Å². The van der Waals surface area contributed by atoms with E-state index >= 15 is 0 Å². The second kappa shape index (κ2) is 9.22. The van der Waals surface area contributed by atoms with Gasteiger partial charge in [-0.1, -0.05) is 5.16 Å². The number of carbonyl (C=O) groups excluding carboxylic acids is 1. The van der Waals surface area contributed by atoms with Crippen molar-refractivity contribution >= 4 is 6.09 Å². The molecule has 0 N–H and O–H groups in total. The SMILES string of the molecule is CC(C)OC(=O)N1CC2COCC(C1)C2OC(C)c1nc(-c2ccc(C#N)cc2F)no1. The number of fused-ring (bicyclic) bond motifs is 2. The van der Waals surface area contributed by atoms with Crippen molar-refractivity contribution < 1.29 is 27.9 Å². The zero-order chi connectivity index (χ0) is 22.8. The van der Waals surface area contributed by atoms with E-state index in [1.165, 1.54) is 12.1 Å². The number of rotatable bonds is 5. The molecule has 2 bridgehead atoms. The quantitative estimate of drug-likeness (QED) is 0.691. The molecule has 4 rings (SSSR count). The predicted molar refractivity (Wildman–Crippen MR) is 109 cm³/mol. The number of likely N-dealkylation sites (tertiary alicyclic amines) is 1. The van der Waals surface area contributed by atoms with Crippen molar-refractivity contribution in [1.29, 1.82) is 5.26 Å². The van der Waals surface area contributed by atoms with Crippen molar-refractivity contribution in [2.24, 2.45) is 11.8 Å². The molecule has 9 nitrogen and oxygen atoms in total. The van der Waals surface area contributed by atoms with Crippen molar-refractivity contribution in [3.05, 3.63) is 35.5 Å². The summed E-state index contributed by atoms with van der Waals surface area (Å²) >= 11 is 0. The Morgan fingerprint density at radius 3 is 2.62 bits per heavy atom. The van der Waals surface area contributed by atoms with E-state index < -0.39 is 11.9 Å². The van der Waals surface area contributed by atoms with E-state index in [2.05, 4.69) is 10.1 Å². The van der Waals surface area contributed by atoms with E-state index in [0.29, 0.717) is 26.3 Å². The fraction of sp³-hybridized carbons (Fsp3) is 0.545. The third-order valence-electron chi connectivity index (χ3n) is 5.59. The minimum Gasteiger partial charge on any atom is -0.447 e. The summed E-state index contributed by atoms with van der Waals surface area (Å²) in [6.07, 6.45) is -1.18. The summed E-state index contributed by atoms with van der Waals surface area (Å²) < 4.78 is 36.9. The highest BCUT2D eigenvalue weighted by Crippen LogP contribution is 2.34. The summed E-state index contributed by atoms with van der Waals surface area (Å²) in [5, 5.41) is 12.8. The normalized spacial score (nSPS) is 23.6. The molecule has 32 heavy (non-hydrogen) atoms. The van der Waals surface area contributed by atoms with Crippen LogP contribution >= 0.6 is 0 Å². The van der Waals surface area contributed by atoms with Crippen LogP contribution in [0.5, 0.6) is 0 Å². The average molecular weight is 444 g/mol. The Morgan fingerprint density at radius 2 is 2.00 bits per heavy atom. The van der Waals surface area contributed by atoms with Gasteiger partial charge in [-0.05, 0) is 39.0 Å².